The van der Waals surface area contributed by atoms with Crippen molar-refractivity contribution in [2.24, 2.45) is 0 Å². The van der Waals surface area contributed by atoms with Crippen LogP contribution in [0.25, 0.3) is 0 Å². The van der Waals surface area contributed by atoms with Gasteiger partial charge < -0.3 is 5.32 Å². The summed E-state index contributed by atoms with van der Waals surface area (Å²) in [5.74, 6) is 2.29. The van der Waals surface area contributed by atoms with Gasteiger partial charge in [-0.25, -0.2) is 0 Å². The zero-order valence-corrected chi connectivity index (χ0v) is 12.8. The molecule has 1 rings (SSSR count). The third-order valence-corrected chi connectivity index (χ3v) is 4.04. The molecule has 0 atom stereocenters. The highest BCUT2D eigenvalue weighted by atomic mass is 32.2. The molecular formula is C16H22N2OS. The molecule has 1 aromatic carbocycles. The lowest BCUT2D eigenvalue weighted by Gasteiger charge is -2.05. The van der Waals surface area contributed by atoms with E-state index in [9.17, 15) is 4.79 Å². The van der Waals surface area contributed by atoms with Crippen LogP contribution in [0.5, 0.6) is 0 Å². The van der Waals surface area contributed by atoms with Crippen molar-refractivity contribution in [3.63, 3.8) is 0 Å². The largest absolute Gasteiger partial charge is 0.326 e. The van der Waals surface area contributed by atoms with Crippen LogP contribution in [0.2, 0.25) is 0 Å². The summed E-state index contributed by atoms with van der Waals surface area (Å²) in [7, 11) is 0. The van der Waals surface area contributed by atoms with Gasteiger partial charge in [0.15, 0.2) is 0 Å². The number of hydrogen-bond acceptors (Lipinski definition) is 3. The summed E-state index contributed by atoms with van der Waals surface area (Å²) < 4.78 is 0. The van der Waals surface area contributed by atoms with Gasteiger partial charge in [0.1, 0.15) is 0 Å². The molecule has 4 heteroatoms. The maximum atomic E-state index is 11.7. The van der Waals surface area contributed by atoms with E-state index in [1.54, 1.807) is 24.3 Å². The van der Waals surface area contributed by atoms with Crippen LogP contribution in [0.3, 0.4) is 0 Å². The average molecular weight is 290 g/mol. The van der Waals surface area contributed by atoms with E-state index in [4.69, 9.17) is 5.26 Å². The van der Waals surface area contributed by atoms with Crippen LogP contribution in [0.15, 0.2) is 24.3 Å². The fourth-order valence-electron chi connectivity index (χ4n) is 1.74. The number of unbranched alkanes of at least 4 members (excludes halogenated alkanes) is 2. The van der Waals surface area contributed by atoms with Gasteiger partial charge in [-0.15, -0.1) is 0 Å². The van der Waals surface area contributed by atoms with Crippen LogP contribution < -0.4 is 5.32 Å². The Morgan fingerprint density at radius 2 is 1.90 bits per heavy atom. The number of nitrogens with zero attached hydrogens (tertiary/aromatic N) is 1. The second kappa shape index (κ2) is 10.3. The predicted molar refractivity (Wildman–Crippen MR) is 85.9 cm³/mol. The van der Waals surface area contributed by atoms with E-state index in [1.165, 1.54) is 25.0 Å². The molecule has 0 saturated heterocycles. The Hall–Kier alpha value is -1.47. The van der Waals surface area contributed by atoms with Crippen molar-refractivity contribution in [3.05, 3.63) is 29.8 Å². The van der Waals surface area contributed by atoms with Crippen molar-refractivity contribution >= 4 is 23.4 Å². The van der Waals surface area contributed by atoms with E-state index in [0.29, 0.717) is 12.0 Å². The quantitative estimate of drug-likeness (QED) is 0.693. The first-order valence-corrected chi connectivity index (χ1v) is 8.29. The van der Waals surface area contributed by atoms with Gasteiger partial charge in [-0.2, -0.15) is 17.0 Å². The molecule has 0 aromatic heterocycles. The summed E-state index contributed by atoms with van der Waals surface area (Å²) >= 11 is 1.93. The minimum atomic E-state index is 0.0452. The summed E-state index contributed by atoms with van der Waals surface area (Å²) in [4.78, 5) is 11.7. The highest BCUT2D eigenvalue weighted by molar-refractivity contribution is 7.99. The lowest BCUT2D eigenvalue weighted by molar-refractivity contribution is -0.116. The second-order valence-electron chi connectivity index (χ2n) is 4.66. The fourth-order valence-corrected chi connectivity index (χ4v) is 2.70. The zero-order valence-electron chi connectivity index (χ0n) is 12.0. The number of anilines is 1. The number of amides is 1. The first kappa shape index (κ1) is 16.6. The van der Waals surface area contributed by atoms with Crippen LogP contribution in [0, 0.1) is 11.3 Å². The summed E-state index contributed by atoms with van der Waals surface area (Å²) in [6.07, 6.45) is 5.30. The Bertz CT molecular complexity index is 437. The van der Waals surface area contributed by atoms with E-state index < -0.39 is 0 Å². The highest BCUT2D eigenvalue weighted by Crippen LogP contribution is 2.11. The molecule has 3 nitrogen and oxygen atoms in total. The molecule has 0 bridgehead atoms. The molecule has 1 aromatic rings. The second-order valence-corrected chi connectivity index (χ2v) is 5.89. The smallest absolute Gasteiger partial charge is 0.224 e. The Labute approximate surface area is 125 Å². The number of carbonyl (C=O) groups excluding carboxylic acids is 1. The third kappa shape index (κ3) is 7.20. The first-order valence-electron chi connectivity index (χ1n) is 7.14. The van der Waals surface area contributed by atoms with Crippen molar-refractivity contribution in [3.8, 4) is 6.07 Å². The molecule has 0 spiro atoms. The molecular weight excluding hydrogens is 268 g/mol. The molecule has 1 amide bonds. The Morgan fingerprint density at radius 3 is 2.55 bits per heavy atom. The number of thioether (sulfide) groups is 1. The SMILES string of the molecule is CCCCCSCCCC(=O)Nc1ccc(C#N)cc1. The van der Waals surface area contributed by atoms with E-state index in [1.807, 2.05) is 11.8 Å². The van der Waals surface area contributed by atoms with Crippen LogP contribution in [-0.4, -0.2) is 17.4 Å². The lowest BCUT2D eigenvalue weighted by atomic mass is 10.2. The van der Waals surface area contributed by atoms with Gasteiger partial charge in [-0.3, -0.25) is 4.79 Å². The first-order chi connectivity index (χ1) is 9.76. The molecule has 0 aliphatic heterocycles. The molecule has 0 radical (unpaired) electrons. The normalized spacial score (nSPS) is 10.0. The molecule has 0 aliphatic rings. The lowest BCUT2D eigenvalue weighted by Crippen LogP contribution is -2.11. The van der Waals surface area contributed by atoms with Crippen molar-refractivity contribution in [2.45, 2.75) is 39.0 Å². The Kier molecular flexibility index (Phi) is 8.57. The number of hydrogen-bond donors (Lipinski definition) is 1. The van der Waals surface area contributed by atoms with Crippen LogP contribution >= 0.6 is 11.8 Å². The Morgan fingerprint density at radius 1 is 1.20 bits per heavy atom. The molecule has 20 heavy (non-hydrogen) atoms. The van der Waals surface area contributed by atoms with Crippen LogP contribution in [0.1, 0.15) is 44.6 Å². The van der Waals surface area contributed by atoms with Crippen molar-refractivity contribution in [1.82, 2.24) is 0 Å². The average Bonchev–Trinajstić information content (AvgIpc) is 2.47. The van der Waals surface area contributed by atoms with Crippen molar-refractivity contribution < 1.29 is 4.79 Å². The molecule has 1 N–H and O–H groups in total. The van der Waals surface area contributed by atoms with Gasteiger partial charge in [0.25, 0.3) is 0 Å². The molecule has 0 aliphatic carbocycles. The van der Waals surface area contributed by atoms with Crippen LogP contribution in [-0.2, 0) is 4.79 Å². The zero-order chi connectivity index (χ0) is 14.6. The minimum absolute atomic E-state index is 0.0452. The van der Waals surface area contributed by atoms with E-state index in [-0.39, 0.29) is 5.91 Å². The summed E-state index contributed by atoms with van der Waals surface area (Å²) in [6.45, 7) is 2.21. The maximum absolute atomic E-state index is 11.7. The van der Waals surface area contributed by atoms with E-state index >= 15 is 0 Å². The number of carbonyl (C=O) groups is 1. The molecule has 0 saturated carbocycles. The van der Waals surface area contributed by atoms with Crippen molar-refractivity contribution in [2.75, 3.05) is 16.8 Å². The van der Waals surface area contributed by atoms with Gasteiger partial charge in [-0.1, -0.05) is 19.8 Å². The van der Waals surface area contributed by atoms with Gasteiger partial charge in [-0.05, 0) is 48.6 Å². The summed E-state index contributed by atoms with van der Waals surface area (Å²) in [6, 6.07) is 8.99. The highest BCUT2D eigenvalue weighted by Gasteiger charge is 2.02. The Balaban J connectivity index is 2.12. The third-order valence-electron chi connectivity index (χ3n) is 2.88. The maximum Gasteiger partial charge on any atom is 0.224 e. The molecule has 108 valence electrons. The summed E-state index contributed by atoms with van der Waals surface area (Å²) in [5, 5.41) is 11.5. The standard InChI is InChI=1S/C16H22N2OS/c1-2-3-4-11-20-12-5-6-16(19)18-15-9-7-14(13-17)8-10-15/h7-10H,2-6,11-12H2,1H3,(H,18,19). The van der Waals surface area contributed by atoms with Gasteiger partial charge in [0.05, 0.1) is 11.6 Å². The van der Waals surface area contributed by atoms with Gasteiger partial charge in [0, 0.05) is 12.1 Å². The summed E-state index contributed by atoms with van der Waals surface area (Å²) in [5.41, 5.74) is 1.36. The number of nitriles is 1. The van der Waals surface area contributed by atoms with E-state index in [2.05, 4.69) is 18.3 Å². The topological polar surface area (TPSA) is 52.9 Å². The fraction of sp³-hybridized carbons (Fsp3) is 0.500. The molecule has 0 fully saturated rings. The number of rotatable bonds is 9. The predicted octanol–water partition coefficient (Wildman–Crippen LogP) is 4.20. The van der Waals surface area contributed by atoms with Gasteiger partial charge >= 0.3 is 0 Å². The molecule has 0 unspecified atom stereocenters. The monoisotopic (exact) mass is 290 g/mol. The van der Waals surface area contributed by atoms with Crippen LogP contribution in [0.4, 0.5) is 5.69 Å². The van der Waals surface area contributed by atoms with Gasteiger partial charge in [0.2, 0.25) is 5.91 Å². The minimum Gasteiger partial charge on any atom is -0.326 e. The number of nitrogens with one attached hydrogen (secondary N) is 1. The van der Waals surface area contributed by atoms with E-state index in [0.717, 1.165) is 17.9 Å². The molecule has 0 heterocycles. The number of benzene rings is 1. The van der Waals surface area contributed by atoms with Crippen molar-refractivity contribution in [1.29, 1.82) is 5.26 Å².